The average molecular weight is 230 g/mol. The van der Waals surface area contributed by atoms with Crippen molar-refractivity contribution in [2.75, 3.05) is 0 Å². The van der Waals surface area contributed by atoms with Gasteiger partial charge in [-0.3, -0.25) is 0 Å². The highest BCUT2D eigenvalue weighted by molar-refractivity contribution is 6.30. The van der Waals surface area contributed by atoms with E-state index in [9.17, 15) is 0 Å². The van der Waals surface area contributed by atoms with E-state index in [0.717, 1.165) is 21.9 Å². The van der Waals surface area contributed by atoms with E-state index in [2.05, 4.69) is 15.5 Å². The van der Waals surface area contributed by atoms with Crippen LogP contribution in [0.15, 0.2) is 54.9 Å². The number of nitrogens with zero attached hydrogens (tertiary/aromatic N) is 1. The van der Waals surface area contributed by atoms with Crippen LogP contribution >= 0.6 is 11.6 Å². The highest BCUT2D eigenvalue weighted by Gasteiger charge is 2.12. The van der Waals surface area contributed by atoms with Crippen molar-refractivity contribution in [3.63, 3.8) is 0 Å². The molecule has 0 atom stereocenters. The number of rotatable bonds is 1. The number of H-pyrrole nitrogens is 1. The van der Waals surface area contributed by atoms with Crippen molar-refractivity contribution in [1.82, 2.24) is 4.98 Å². The molecule has 0 fully saturated rings. The summed E-state index contributed by atoms with van der Waals surface area (Å²) in [6.07, 6.45) is 4.03. The van der Waals surface area contributed by atoms with Crippen molar-refractivity contribution in [2.45, 2.75) is 0 Å². The minimum atomic E-state index is 0.754. The molecule has 0 aliphatic rings. The smallest absolute Gasteiger partial charge is 0.242 e. The lowest BCUT2D eigenvalue weighted by Crippen LogP contribution is -2.20. The van der Waals surface area contributed by atoms with Crippen LogP contribution in [0.25, 0.3) is 16.9 Å². The van der Waals surface area contributed by atoms with Crippen LogP contribution in [0.2, 0.25) is 5.02 Å². The van der Waals surface area contributed by atoms with Gasteiger partial charge in [0, 0.05) is 5.02 Å². The van der Waals surface area contributed by atoms with Crippen LogP contribution < -0.4 is 4.40 Å². The lowest BCUT2D eigenvalue weighted by molar-refractivity contribution is -0.498. The molecular weight excluding hydrogens is 220 g/mol. The molecular formula is C13H10ClN2+. The Morgan fingerprint density at radius 1 is 1.00 bits per heavy atom. The van der Waals surface area contributed by atoms with Gasteiger partial charge in [0.1, 0.15) is 6.20 Å². The Bertz CT molecular complexity index is 626. The number of aromatic nitrogens is 2. The third kappa shape index (κ3) is 1.48. The van der Waals surface area contributed by atoms with Gasteiger partial charge in [-0.2, -0.15) is 4.40 Å². The maximum Gasteiger partial charge on any atom is 0.291 e. The van der Waals surface area contributed by atoms with E-state index in [0.29, 0.717) is 0 Å². The molecule has 0 amide bonds. The summed E-state index contributed by atoms with van der Waals surface area (Å²) >= 11 is 5.87. The molecule has 1 N–H and O–H groups in total. The summed E-state index contributed by atoms with van der Waals surface area (Å²) in [5, 5.41) is 0.754. The van der Waals surface area contributed by atoms with E-state index in [4.69, 9.17) is 11.6 Å². The normalized spacial score (nSPS) is 10.8. The Labute approximate surface area is 98.1 Å². The standard InChI is InChI=1S/C13H9ClN2/c14-11-6-4-10(5-7-11)13-15-9-12-3-1-2-8-16(12)13/h1-9H/p+1. The van der Waals surface area contributed by atoms with Crippen molar-refractivity contribution < 1.29 is 4.40 Å². The van der Waals surface area contributed by atoms with Crippen LogP contribution in [0.3, 0.4) is 0 Å². The van der Waals surface area contributed by atoms with Gasteiger partial charge in [-0.25, -0.2) is 4.98 Å². The van der Waals surface area contributed by atoms with Crippen molar-refractivity contribution in [3.8, 4) is 11.4 Å². The van der Waals surface area contributed by atoms with Gasteiger partial charge < -0.3 is 0 Å². The number of aromatic amines is 1. The summed E-state index contributed by atoms with van der Waals surface area (Å²) < 4.78 is 2.11. The van der Waals surface area contributed by atoms with Crippen molar-refractivity contribution >= 4 is 17.1 Å². The Kier molecular flexibility index (Phi) is 2.15. The third-order valence-corrected chi connectivity index (χ3v) is 2.86. The van der Waals surface area contributed by atoms with Gasteiger partial charge in [0.15, 0.2) is 5.52 Å². The molecule has 16 heavy (non-hydrogen) atoms. The number of hydrogen-bond acceptors (Lipinski definition) is 0. The molecule has 3 aromatic rings. The molecule has 0 aliphatic carbocycles. The summed E-state index contributed by atoms with van der Waals surface area (Å²) in [6.45, 7) is 0. The summed E-state index contributed by atoms with van der Waals surface area (Å²) in [5.74, 6) is 1.06. The first-order valence-electron chi connectivity index (χ1n) is 5.08. The van der Waals surface area contributed by atoms with Crippen LogP contribution in [-0.4, -0.2) is 4.98 Å². The largest absolute Gasteiger partial charge is 0.291 e. The van der Waals surface area contributed by atoms with Crippen molar-refractivity contribution in [1.29, 1.82) is 0 Å². The van der Waals surface area contributed by atoms with Crippen molar-refractivity contribution in [3.05, 3.63) is 59.9 Å². The Morgan fingerprint density at radius 2 is 1.81 bits per heavy atom. The molecule has 0 bridgehead atoms. The highest BCUT2D eigenvalue weighted by atomic mass is 35.5. The Balaban J connectivity index is 2.22. The predicted octanol–water partition coefficient (Wildman–Crippen LogP) is 3.07. The molecule has 2 heterocycles. The zero-order valence-electron chi connectivity index (χ0n) is 8.52. The number of imidazole rings is 1. The van der Waals surface area contributed by atoms with Crippen LogP contribution in [0.5, 0.6) is 0 Å². The SMILES string of the molecule is Clc1ccc(-c2[nH]cc3cccc[n+]23)cc1. The van der Waals surface area contributed by atoms with Gasteiger partial charge in [-0.05, 0) is 36.4 Å². The van der Waals surface area contributed by atoms with Gasteiger partial charge in [-0.1, -0.05) is 17.7 Å². The summed E-state index contributed by atoms with van der Waals surface area (Å²) in [7, 11) is 0. The molecule has 0 aliphatic heterocycles. The van der Waals surface area contributed by atoms with Gasteiger partial charge in [0.2, 0.25) is 0 Å². The number of benzene rings is 1. The quantitative estimate of drug-likeness (QED) is 0.619. The Morgan fingerprint density at radius 3 is 2.62 bits per heavy atom. The lowest BCUT2D eigenvalue weighted by atomic mass is 10.2. The molecule has 0 saturated carbocycles. The van der Waals surface area contributed by atoms with E-state index in [1.54, 1.807) is 0 Å². The maximum atomic E-state index is 5.87. The van der Waals surface area contributed by atoms with Gasteiger partial charge in [0.05, 0.1) is 11.8 Å². The second-order valence-corrected chi connectivity index (χ2v) is 4.08. The summed E-state index contributed by atoms with van der Waals surface area (Å²) in [4.78, 5) is 3.27. The van der Waals surface area contributed by atoms with E-state index >= 15 is 0 Å². The summed E-state index contributed by atoms with van der Waals surface area (Å²) in [6, 6.07) is 13.9. The van der Waals surface area contributed by atoms with Gasteiger partial charge in [0.25, 0.3) is 5.82 Å². The molecule has 0 saturated heterocycles. The van der Waals surface area contributed by atoms with Gasteiger partial charge >= 0.3 is 0 Å². The molecule has 78 valence electrons. The number of halogens is 1. The van der Waals surface area contributed by atoms with E-state index in [-0.39, 0.29) is 0 Å². The van der Waals surface area contributed by atoms with Crippen molar-refractivity contribution in [2.24, 2.45) is 0 Å². The zero-order chi connectivity index (χ0) is 11.0. The van der Waals surface area contributed by atoms with E-state index in [1.807, 2.05) is 48.8 Å². The molecule has 2 aromatic heterocycles. The van der Waals surface area contributed by atoms with Crippen LogP contribution in [0.4, 0.5) is 0 Å². The minimum absolute atomic E-state index is 0.754. The second-order valence-electron chi connectivity index (χ2n) is 3.64. The first-order chi connectivity index (χ1) is 7.84. The fourth-order valence-electron chi connectivity index (χ4n) is 1.82. The zero-order valence-corrected chi connectivity index (χ0v) is 9.28. The molecule has 0 spiro atoms. The molecule has 1 aromatic carbocycles. The molecule has 2 nitrogen and oxygen atoms in total. The molecule has 0 unspecified atom stereocenters. The molecule has 3 heteroatoms. The number of pyridine rings is 1. The Hall–Kier alpha value is -1.80. The molecule has 3 rings (SSSR count). The molecule has 0 radical (unpaired) electrons. The first-order valence-corrected chi connectivity index (χ1v) is 5.46. The monoisotopic (exact) mass is 229 g/mol. The van der Waals surface area contributed by atoms with Gasteiger partial charge in [-0.15, -0.1) is 0 Å². The number of nitrogens with one attached hydrogen (secondary N) is 1. The minimum Gasteiger partial charge on any atom is -0.242 e. The number of fused-ring (bicyclic) bond motifs is 1. The second kappa shape index (κ2) is 3.65. The van der Waals surface area contributed by atoms with E-state index < -0.39 is 0 Å². The fraction of sp³-hybridized carbons (Fsp3) is 0. The summed E-state index contributed by atoms with van der Waals surface area (Å²) in [5.41, 5.74) is 2.27. The predicted molar refractivity (Wildman–Crippen MR) is 64.4 cm³/mol. The fourth-order valence-corrected chi connectivity index (χ4v) is 1.95. The lowest BCUT2D eigenvalue weighted by Gasteiger charge is -1.94. The van der Waals surface area contributed by atoms with Crippen LogP contribution in [-0.2, 0) is 0 Å². The van der Waals surface area contributed by atoms with Crippen LogP contribution in [0.1, 0.15) is 0 Å². The average Bonchev–Trinajstić information content (AvgIpc) is 2.74. The van der Waals surface area contributed by atoms with E-state index in [1.165, 1.54) is 0 Å². The van der Waals surface area contributed by atoms with Crippen LogP contribution in [0, 0.1) is 0 Å². The third-order valence-electron chi connectivity index (χ3n) is 2.61. The first kappa shape index (κ1) is 9.43. The highest BCUT2D eigenvalue weighted by Crippen LogP contribution is 2.17. The maximum absolute atomic E-state index is 5.87. The topological polar surface area (TPSA) is 19.9 Å². The number of hydrogen-bond donors (Lipinski definition) is 1.